The van der Waals surface area contributed by atoms with Gasteiger partial charge in [0.1, 0.15) is 0 Å². The second-order valence-corrected chi connectivity index (χ2v) is 13.8. The van der Waals surface area contributed by atoms with Crippen LogP contribution in [0, 0.1) is 0 Å². The number of fused-ring (bicyclic) bond motifs is 2. The van der Waals surface area contributed by atoms with E-state index >= 15 is 0 Å². The van der Waals surface area contributed by atoms with Crippen molar-refractivity contribution in [2.24, 2.45) is 0 Å². The Labute approximate surface area is 300 Å². The fourth-order valence-electron chi connectivity index (χ4n) is 8.39. The Balaban J connectivity index is 1.04. The summed E-state index contributed by atoms with van der Waals surface area (Å²) in [6, 6.07) is 62.1. The lowest BCUT2D eigenvalue weighted by Crippen LogP contribution is -1.90. The predicted molar refractivity (Wildman–Crippen MR) is 220 cm³/mol. The Hall–Kier alpha value is -6.90. The summed E-state index contributed by atoms with van der Waals surface area (Å²) in [6.45, 7) is 0. The van der Waals surface area contributed by atoms with E-state index in [1.807, 2.05) is 30.6 Å². The summed E-state index contributed by atoms with van der Waals surface area (Å²) in [4.78, 5) is 9.38. The molecule has 1 aromatic heterocycles. The average Bonchev–Trinajstić information content (AvgIpc) is 3.22. The monoisotopic (exact) mass is 658 g/mol. The summed E-state index contributed by atoms with van der Waals surface area (Å²) in [5, 5.41) is 15.6. The fourth-order valence-corrected chi connectivity index (χ4v) is 8.39. The van der Waals surface area contributed by atoms with Gasteiger partial charge in [-0.1, -0.05) is 158 Å². The van der Waals surface area contributed by atoms with Crippen molar-refractivity contribution in [2.75, 3.05) is 0 Å². The first-order valence-electron chi connectivity index (χ1n) is 17.8. The van der Waals surface area contributed by atoms with Gasteiger partial charge in [-0.3, -0.25) is 4.98 Å². The van der Waals surface area contributed by atoms with Crippen molar-refractivity contribution in [1.29, 1.82) is 0 Å². The van der Waals surface area contributed by atoms with Crippen LogP contribution in [0.1, 0.15) is 0 Å². The zero-order chi connectivity index (χ0) is 34.2. The minimum Gasteiger partial charge on any atom is -0.260 e. The van der Waals surface area contributed by atoms with Crippen LogP contribution in [-0.4, -0.2) is 9.97 Å². The van der Waals surface area contributed by atoms with Gasteiger partial charge < -0.3 is 0 Å². The maximum Gasteiger partial charge on any atom is 0.0892 e. The quantitative estimate of drug-likeness (QED) is 0.176. The van der Waals surface area contributed by atoms with Gasteiger partial charge in [0.15, 0.2) is 0 Å². The fraction of sp³-hybridized carbons (Fsp3) is 0. The van der Waals surface area contributed by atoms with Gasteiger partial charge in [-0.05, 0) is 99.0 Å². The largest absolute Gasteiger partial charge is 0.260 e. The number of hydrogen-bond donors (Lipinski definition) is 0. The highest BCUT2D eigenvalue weighted by Crippen LogP contribution is 2.44. The molecule has 0 saturated heterocycles. The molecule has 52 heavy (non-hydrogen) atoms. The first-order valence-corrected chi connectivity index (χ1v) is 17.8. The maximum absolute atomic E-state index is 4.90. The van der Waals surface area contributed by atoms with Crippen molar-refractivity contribution in [3.05, 3.63) is 182 Å². The highest BCUT2D eigenvalue weighted by Gasteiger charge is 2.16. The molecule has 0 amide bonds. The van der Waals surface area contributed by atoms with Gasteiger partial charge in [0.2, 0.25) is 0 Å². The molecule has 0 bridgehead atoms. The Bertz CT molecular complexity index is 3140. The van der Waals surface area contributed by atoms with Crippen molar-refractivity contribution in [3.8, 4) is 44.8 Å². The topological polar surface area (TPSA) is 25.8 Å². The van der Waals surface area contributed by atoms with E-state index in [1.165, 1.54) is 86.9 Å². The summed E-state index contributed by atoms with van der Waals surface area (Å²) in [7, 11) is 0. The summed E-state index contributed by atoms with van der Waals surface area (Å²) in [5.41, 5.74) is 8.62. The van der Waals surface area contributed by atoms with Gasteiger partial charge in [0, 0.05) is 11.1 Å². The van der Waals surface area contributed by atoms with Crippen molar-refractivity contribution in [3.63, 3.8) is 0 Å². The van der Waals surface area contributed by atoms with E-state index in [-0.39, 0.29) is 0 Å². The second-order valence-electron chi connectivity index (χ2n) is 13.8. The third-order valence-corrected chi connectivity index (χ3v) is 10.9. The van der Waals surface area contributed by atoms with Crippen LogP contribution < -0.4 is 0 Å². The Morgan fingerprint density at radius 1 is 0.269 bits per heavy atom. The van der Waals surface area contributed by atoms with Crippen LogP contribution in [0.15, 0.2) is 182 Å². The van der Waals surface area contributed by atoms with Crippen LogP contribution in [0.4, 0.5) is 0 Å². The Morgan fingerprint density at radius 3 is 1.23 bits per heavy atom. The normalized spacial score (nSPS) is 11.8. The highest BCUT2D eigenvalue weighted by molar-refractivity contribution is 6.37. The van der Waals surface area contributed by atoms with E-state index in [0.29, 0.717) is 0 Å². The van der Waals surface area contributed by atoms with Crippen molar-refractivity contribution in [2.45, 2.75) is 0 Å². The van der Waals surface area contributed by atoms with Crippen LogP contribution in [0.25, 0.3) is 109 Å². The summed E-state index contributed by atoms with van der Waals surface area (Å²) in [5.74, 6) is 0. The second kappa shape index (κ2) is 11.3. The first-order chi connectivity index (χ1) is 25.8. The molecule has 0 atom stereocenters. The van der Waals surface area contributed by atoms with Gasteiger partial charge in [-0.2, -0.15) is 0 Å². The molecule has 0 spiro atoms. The summed E-state index contributed by atoms with van der Waals surface area (Å²) >= 11 is 0. The van der Waals surface area contributed by atoms with Crippen LogP contribution in [-0.2, 0) is 0 Å². The molecule has 0 unspecified atom stereocenters. The van der Waals surface area contributed by atoms with Crippen molar-refractivity contribution in [1.82, 2.24) is 9.97 Å². The number of rotatable bonds is 4. The molecule has 10 aromatic carbocycles. The lowest BCUT2D eigenvalue weighted by molar-refractivity contribution is 1.21. The van der Waals surface area contributed by atoms with E-state index in [9.17, 15) is 0 Å². The lowest BCUT2D eigenvalue weighted by Gasteiger charge is -2.17. The molecular formula is C50H30N2. The third kappa shape index (κ3) is 4.44. The Morgan fingerprint density at radius 2 is 0.692 bits per heavy atom. The van der Waals surface area contributed by atoms with Gasteiger partial charge >= 0.3 is 0 Å². The number of benzene rings is 9. The first kappa shape index (κ1) is 28.9. The van der Waals surface area contributed by atoms with Crippen LogP contribution in [0.3, 0.4) is 0 Å². The van der Waals surface area contributed by atoms with Gasteiger partial charge in [0.25, 0.3) is 0 Å². The maximum atomic E-state index is 4.90. The zero-order valence-corrected chi connectivity index (χ0v) is 28.2. The van der Waals surface area contributed by atoms with E-state index in [1.54, 1.807) is 0 Å². The highest BCUT2D eigenvalue weighted by atomic mass is 14.8. The average molecular weight is 659 g/mol. The molecule has 0 aliphatic heterocycles. The van der Waals surface area contributed by atoms with Crippen molar-refractivity contribution < 1.29 is 0 Å². The molecule has 0 aliphatic rings. The van der Waals surface area contributed by atoms with Gasteiger partial charge in [0.05, 0.1) is 23.8 Å². The SMILES string of the molecule is c1ccc(-c2cncc(-c3ccc(-c4ccc(-c5cc6ccc7cccc8c9cccc%10ccc%11cccc(c(c5)c6c78)c%11c%109)cc4)cc3)n2)cc1. The number of hydrogen-bond acceptors (Lipinski definition) is 2. The Kier molecular flexibility index (Phi) is 6.28. The van der Waals surface area contributed by atoms with Gasteiger partial charge in [-0.15, -0.1) is 0 Å². The molecule has 2 heteroatoms. The minimum atomic E-state index is 0.866. The molecule has 0 radical (unpaired) electrons. The molecular weight excluding hydrogens is 629 g/mol. The lowest BCUT2D eigenvalue weighted by atomic mass is 9.86. The molecule has 0 N–H and O–H groups in total. The molecule has 11 aromatic rings. The molecule has 0 aliphatic carbocycles. The van der Waals surface area contributed by atoms with Crippen molar-refractivity contribution >= 4 is 64.6 Å². The molecule has 1 heterocycles. The van der Waals surface area contributed by atoms with E-state index in [2.05, 4.69) is 157 Å². The molecule has 0 fully saturated rings. The minimum absolute atomic E-state index is 0.866. The number of aromatic nitrogens is 2. The summed E-state index contributed by atoms with van der Waals surface area (Å²) in [6.07, 6.45) is 3.65. The standard InChI is InChI=1S/C50H30N2/c1-2-7-34(8-3-1)45-29-51-30-46(52-45)35-21-19-32(20-22-35)31-15-17-33(18-16-31)40-27-39-26-25-38-10-5-13-42-41-12-4-9-36-23-24-37-11-6-14-43(49(37)47(36)41)44(28-40)50(39)48(38)42/h1-30H. The zero-order valence-electron chi connectivity index (χ0n) is 28.2. The van der Waals surface area contributed by atoms with E-state index in [4.69, 9.17) is 4.98 Å². The molecule has 11 rings (SSSR count). The molecule has 2 nitrogen and oxygen atoms in total. The van der Waals surface area contributed by atoms with E-state index < -0.39 is 0 Å². The van der Waals surface area contributed by atoms with Crippen LogP contribution in [0.2, 0.25) is 0 Å². The van der Waals surface area contributed by atoms with Crippen LogP contribution in [0.5, 0.6) is 0 Å². The van der Waals surface area contributed by atoms with Gasteiger partial charge in [-0.25, -0.2) is 4.98 Å². The molecule has 0 saturated carbocycles. The predicted octanol–water partition coefficient (Wildman–Crippen LogP) is 13.5. The molecule has 240 valence electrons. The van der Waals surface area contributed by atoms with E-state index in [0.717, 1.165) is 22.5 Å². The third-order valence-electron chi connectivity index (χ3n) is 10.9. The summed E-state index contributed by atoms with van der Waals surface area (Å²) < 4.78 is 0. The smallest absolute Gasteiger partial charge is 0.0892 e. The van der Waals surface area contributed by atoms with Crippen LogP contribution >= 0.6 is 0 Å². The number of nitrogens with zero attached hydrogens (tertiary/aromatic N) is 2.